The molecule has 0 fully saturated rings. The minimum atomic E-state index is -3.51. The Labute approximate surface area is 107 Å². The van der Waals surface area contributed by atoms with Crippen molar-refractivity contribution in [1.82, 2.24) is 0 Å². The number of benzene rings is 1. The van der Waals surface area contributed by atoms with Crippen LogP contribution in [0.1, 0.15) is 36.7 Å². The monoisotopic (exact) mass is 271 g/mol. The van der Waals surface area contributed by atoms with Gasteiger partial charge in [0.05, 0.1) is 17.5 Å². The molecule has 1 aromatic carbocycles. The summed E-state index contributed by atoms with van der Waals surface area (Å²) in [4.78, 5) is 11.0. The van der Waals surface area contributed by atoms with Gasteiger partial charge in [0.2, 0.25) is 10.0 Å². The Morgan fingerprint density at radius 3 is 2.22 bits per heavy atom. The smallest absolute Gasteiger partial charge is 0.337 e. The zero-order chi connectivity index (χ0) is 14.1. The van der Waals surface area contributed by atoms with E-state index < -0.39 is 16.0 Å². The van der Waals surface area contributed by atoms with Crippen molar-refractivity contribution < 1.29 is 18.3 Å². The predicted octanol–water partition coefficient (Wildman–Crippen LogP) is 2.05. The SMILES string of the molecule is CC(C)(C)c1ccc(C(=O)O)c(NS(C)(=O)=O)c1. The van der Waals surface area contributed by atoms with Crippen molar-refractivity contribution in [2.45, 2.75) is 26.2 Å². The van der Waals surface area contributed by atoms with Gasteiger partial charge in [-0.25, -0.2) is 13.2 Å². The van der Waals surface area contributed by atoms with Gasteiger partial charge in [-0.3, -0.25) is 4.72 Å². The fourth-order valence-electron chi connectivity index (χ4n) is 1.48. The van der Waals surface area contributed by atoms with Crippen LogP contribution in [0, 0.1) is 0 Å². The molecule has 2 N–H and O–H groups in total. The highest BCUT2D eigenvalue weighted by atomic mass is 32.2. The van der Waals surface area contributed by atoms with Crippen LogP contribution < -0.4 is 4.72 Å². The van der Waals surface area contributed by atoms with E-state index in [9.17, 15) is 13.2 Å². The number of hydrogen-bond acceptors (Lipinski definition) is 3. The van der Waals surface area contributed by atoms with Crippen molar-refractivity contribution in [1.29, 1.82) is 0 Å². The standard InChI is InChI=1S/C12H17NO4S/c1-12(2,3)8-5-6-9(11(14)15)10(7-8)13-18(4,16)17/h5-7,13H,1-4H3,(H,14,15). The van der Waals surface area contributed by atoms with Crippen LogP contribution in [0.5, 0.6) is 0 Å². The molecular weight excluding hydrogens is 254 g/mol. The van der Waals surface area contributed by atoms with Crippen molar-refractivity contribution in [2.24, 2.45) is 0 Å². The lowest BCUT2D eigenvalue weighted by atomic mass is 9.86. The normalized spacial score (nSPS) is 12.2. The van der Waals surface area contributed by atoms with Gasteiger partial charge in [-0.2, -0.15) is 0 Å². The molecule has 0 radical (unpaired) electrons. The second-order valence-corrected chi connectivity index (χ2v) is 6.94. The largest absolute Gasteiger partial charge is 0.478 e. The van der Waals surface area contributed by atoms with Crippen molar-refractivity contribution in [2.75, 3.05) is 11.0 Å². The highest BCUT2D eigenvalue weighted by Gasteiger charge is 2.19. The van der Waals surface area contributed by atoms with Gasteiger partial charge >= 0.3 is 5.97 Å². The first kappa shape index (κ1) is 14.5. The summed E-state index contributed by atoms with van der Waals surface area (Å²) in [5.74, 6) is -1.17. The molecule has 18 heavy (non-hydrogen) atoms. The van der Waals surface area contributed by atoms with Gasteiger partial charge in [0.1, 0.15) is 0 Å². The zero-order valence-electron chi connectivity index (χ0n) is 10.8. The number of hydrogen-bond donors (Lipinski definition) is 2. The molecule has 0 heterocycles. The molecule has 0 saturated carbocycles. The van der Waals surface area contributed by atoms with Crippen LogP contribution in [-0.4, -0.2) is 25.7 Å². The van der Waals surface area contributed by atoms with E-state index in [1.807, 2.05) is 20.8 Å². The Kier molecular flexibility index (Phi) is 3.71. The average molecular weight is 271 g/mol. The van der Waals surface area contributed by atoms with Crippen molar-refractivity contribution in [3.63, 3.8) is 0 Å². The zero-order valence-corrected chi connectivity index (χ0v) is 11.6. The van der Waals surface area contributed by atoms with Gasteiger partial charge in [-0.15, -0.1) is 0 Å². The fourth-order valence-corrected chi connectivity index (χ4v) is 2.05. The van der Waals surface area contributed by atoms with Gasteiger partial charge < -0.3 is 5.11 Å². The molecule has 1 aromatic rings. The third-order valence-electron chi connectivity index (χ3n) is 2.41. The highest BCUT2D eigenvalue weighted by Crippen LogP contribution is 2.27. The van der Waals surface area contributed by atoms with Crippen molar-refractivity contribution >= 4 is 21.7 Å². The van der Waals surface area contributed by atoms with Crippen LogP contribution in [-0.2, 0) is 15.4 Å². The van der Waals surface area contributed by atoms with E-state index in [1.165, 1.54) is 6.07 Å². The molecule has 0 aliphatic rings. The van der Waals surface area contributed by atoms with E-state index in [-0.39, 0.29) is 16.7 Å². The van der Waals surface area contributed by atoms with E-state index in [2.05, 4.69) is 4.72 Å². The maximum Gasteiger partial charge on any atom is 0.337 e. The van der Waals surface area contributed by atoms with Crippen LogP contribution in [0.4, 0.5) is 5.69 Å². The van der Waals surface area contributed by atoms with E-state index >= 15 is 0 Å². The number of sulfonamides is 1. The molecule has 0 saturated heterocycles. The summed E-state index contributed by atoms with van der Waals surface area (Å²) < 4.78 is 24.7. The number of carbonyl (C=O) groups is 1. The molecule has 100 valence electrons. The molecular formula is C12H17NO4S. The van der Waals surface area contributed by atoms with Crippen LogP contribution in [0.25, 0.3) is 0 Å². The van der Waals surface area contributed by atoms with Gasteiger partial charge in [-0.05, 0) is 23.1 Å². The number of carboxylic acids is 1. The van der Waals surface area contributed by atoms with Crippen LogP contribution in [0.3, 0.4) is 0 Å². The predicted molar refractivity (Wildman–Crippen MR) is 70.6 cm³/mol. The van der Waals surface area contributed by atoms with E-state index in [1.54, 1.807) is 12.1 Å². The van der Waals surface area contributed by atoms with E-state index in [4.69, 9.17) is 5.11 Å². The number of rotatable bonds is 3. The van der Waals surface area contributed by atoms with Gasteiger partial charge in [0, 0.05) is 0 Å². The molecule has 0 bridgehead atoms. The Hall–Kier alpha value is -1.56. The van der Waals surface area contributed by atoms with Gasteiger partial charge in [0.15, 0.2) is 0 Å². The first-order valence-electron chi connectivity index (χ1n) is 5.36. The molecule has 6 heteroatoms. The van der Waals surface area contributed by atoms with Crippen molar-refractivity contribution in [3.8, 4) is 0 Å². The summed E-state index contributed by atoms with van der Waals surface area (Å²) in [7, 11) is -3.51. The number of carboxylic acid groups (broad SMARTS) is 1. The molecule has 0 aliphatic heterocycles. The summed E-state index contributed by atoms with van der Waals surface area (Å²) >= 11 is 0. The van der Waals surface area contributed by atoms with Crippen LogP contribution >= 0.6 is 0 Å². The summed E-state index contributed by atoms with van der Waals surface area (Å²) in [6.07, 6.45) is 0.988. The molecule has 5 nitrogen and oxygen atoms in total. The topological polar surface area (TPSA) is 83.5 Å². The van der Waals surface area contributed by atoms with E-state index in [0.29, 0.717) is 0 Å². The molecule has 1 rings (SSSR count). The average Bonchev–Trinajstić information content (AvgIpc) is 2.12. The summed E-state index contributed by atoms with van der Waals surface area (Å²) in [5.41, 5.74) is 0.704. The molecule has 0 atom stereocenters. The van der Waals surface area contributed by atoms with Gasteiger partial charge in [0.25, 0.3) is 0 Å². The molecule has 0 spiro atoms. The minimum Gasteiger partial charge on any atom is -0.478 e. The number of nitrogens with one attached hydrogen (secondary N) is 1. The number of anilines is 1. The summed E-state index contributed by atoms with van der Waals surface area (Å²) in [6.45, 7) is 5.90. The second kappa shape index (κ2) is 4.61. The quantitative estimate of drug-likeness (QED) is 0.881. The third kappa shape index (κ3) is 3.73. The summed E-state index contributed by atoms with van der Waals surface area (Å²) in [5, 5.41) is 9.02. The third-order valence-corrected chi connectivity index (χ3v) is 3.00. The molecule has 0 unspecified atom stereocenters. The molecule has 0 amide bonds. The first-order chi connectivity index (χ1) is 8.00. The maximum atomic E-state index is 11.2. The minimum absolute atomic E-state index is 0.0616. The molecule has 0 aliphatic carbocycles. The second-order valence-electron chi connectivity index (χ2n) is 5.19. The van der Waals surface area contributed by atoms with Crippen molar-refractivity contribution in [3.05, 3.63) is 29.3 Å². The molecule has 0 aromatic heterocycles. The highest BCUT2D eigenvalue weighted by molar-refractivity contribution is 7.92. The Balaban J connectivity index is 3.38. The lowest BCUT2D eigenvalue weighted by Gasteiger charge is -2.20. The number of aromatic carboxylic acids is 1. The Bertz CT molecular complexity index is 570. The fraction of sp³-hybridized carbons (Fsp3) is 0.417. The Morgan fingerprint density at radius 1 is 1.28 bits per heavy atom. The maximum absolute atomic E-state index is 11.2. The summed E-state index contributed by atoms with van der Waals surface area (Å²) in [6, 6.07) is 4.66. The van der Waals surface area contributed by atoms with Crippen LogP contribution in [0.15, 0.2) is 18.2 Å². The first-order valence-corrected chi connectivity index (χ1v) is 7.25. The van der Waals surface area contributed by atoms with Gasteiger partial charge in [-0.1, -0.05) is 26.8 Å². The Morgan fingerprint density at radius 2 is 1.83 bits per heavy atom. The lowest BCUT2D eigenvalue weighted by molar-refractivity contribution is 0.0698. The van der Waals surface area contributed by atoms with E-state index in [0.717, 1.165) is 11.8 Å². The van der Waals surface area contributed by atoms with Crippen LogP contribution in [0.2, 0.25) is 0 Å². The lowest BCUT2D eigenvalue weighted by Crippen LogP contribution is -2.16.